The predicted molar refractivity (Wildman–Crippen MR) is 79.2 cm³/mol. The topological polar surface area (TPSA) is 65.1 Å². The third-order valence-corrected chi connectivity index (χ3v) is 3.35. The van der Waals surface area contributed by atoms with E-state index in [4.69, 9.17) is 10.6 Å². The van der Waals surface area contributed by atoms with E-state index in [1.54, 1.807) is 0 Å². The highest BCUT2D eigenvalue weighted by Crippen LogP contribution is 2.10. The maximum atomic E-state index is 5.68. The first-order valence-electron chi connectivity index (χ1n) is 6.90. The second-order valence-electron chi connectivity index (χ2n) is 4.81. The summed E-state index contributed by atoms with van der Waals surface area (Å²) in [6, 6.07) is 10.1. The molecule has 1 unspecified atom stereocenters. The largest absolute Gasteiger partial charge is 0.494 e. The van der Waals surface area contributed by atoms with Gasteiger partial charge in [0.15, 0.2) is 0 Å². The van der Waals surface area contributed by atoms with Crippen molar-refractivity contribution in [2.45, 2.75) is 25.3 Å². The van der Waals surface area contributed by atoms with Gasteiger partial charge in [-0.2, -0.15) is 0 Å². The third-order valence-electron chi connectivity index (χ3n) is 3.35. The van der Waals surface area contributed by atoms with Crippen LogP contribution in [0.25, 0.3) is 0 Å². The zero-order chi connectivity index (χ0) is 14.2. The minimum absolute atomic E-state index is 0.232. The summed E-state index contributed by atoms with van der Waals surface area (Å²) in [4.78, 5) is 4.31. The minimum Gasteiger partial charge on any atom is -0.494 e. The molecule has 3 N–H and O–H groups in total. The number of aromatic nitrogens is 2. The van der Waals surface area contributed by atoms with Crippen LogP contribution >= 0.6 is 0 Å². The van der Waals surface area contributed by atoms with Gasteiger partial charge in [0.2, 0.25) is 0 Å². The minimum atomic E-state index is 0.232. The van der Waals surface area contributed by atoms with Crippen LogP contribution in [0.1, 0.15) is 18.7 Å². The van der Waals surface area contributed by atoms with Crippen LogP contribution in [0.5, 0.6) is 5.75 Å². The number of imidazole rings is 1. The first-order valence-corrected chi connectivity index (χ1v) is 6.90. The van der Waals surface area contributed by atoms with E-state index in [-0.39, 0.29) is 6.04 Å². The maximum Gasteiger partial charge on any atom is 0.119 e. The molecule has 5 nitrogen and oxygen atoms in total. The van der Waals surface area contributed by atoms with Gasteiger partial charge in [-0.1, -0.05) is 18.2 Å². The Bertz CT molecular complexity index is 498. The number of nitrogens with one attached hydrogen (secondary N) is 1. The van der Waals surface area contributed by atoms with Gasteiger partial charge in [0.05, 0.1) is 6.61 Å². The van der Waals surface area contributed by atoms with Crippen LogP contribution in [0.2, 0.25) is 0 Å². The molecule has 0 aliphatic carbocycles. The molecule has 0 aliphatic rings. The Morgan fingerprint density at radius 2 is 2.10 bits per heavy atom. The number of hydrogen-bond acceptors (Lipinski definition) is 4. The molecule has 5 heteroatoms. The Kier molecular flexibility index (Phi) is 5.58. The molecule has 0 spiro atoms. The lowest BCUT2D eigenvalue weighted by atomic mass is 10.1. The summed E-state index contributed by atoms with van der Waals surface area (Å²) in [5.41, 5.74) is 2.85. The zero-order valence-corrected chi connectivity index (χ0v) is 11.8. The predicted octanol–water partition coefficient (Wildman–Crippen LogP) is 1.65. The van der Waals surface area contributed by atoms with Crippen LogP contribution in [0.3, 0.4) is 0 Å². The van der Waals surface area contributed by atoms with Crippen molar-refractivity contribution in [2.24, 2.45) is 12.9 Å². The van der Waals surface area contributed by atoms with Crippen LogP contribution in [0, 0.1) is 0 Å². The highest BCUT2D eigenvalue weighted by Gasteiger charge is 2.09. The van der Waals surface area contributed by atoms with E-state index in [2.05, 4.69) is 10.4 Å². The van der Waals surface area contributed by atoms with Crippen LogP contribution in [0.4, 0.5) is 0 Å². The monoisotopic (exact) mass is 274 g/mol. The van der Waals surface area contributed by atoms with Gasteiger partial charge >= 0.3 is 0 Å². The molecule has 1 atom stereocenters. The van der Waals surface area contributed by atoms with Gasteiger partial charge in [-0.3, -0.25) is 11.3 Å². The first kappa shape index (κ1) is 14.6. The number of nitrogens with two attached hydrogens (primary N) is 1. The Labute approximate surface area is 119 Å². The van der Waals surface area contributed by atoms with Gasteiger partial charge < -0.3 is 9.30 Å². The number of para-hydroxylation sites is 1. The van der Waals surface area contributed by atoms with Gasteiger partial charge in [-0.05, 0) is 25.0 Å². The molecular weight excluding hydrogens is 252 g/mol. The van der Waals surface area contributed by atoms with Crippen molar-refractivity contribution in [3.05, 3.63) is 48.5 Å². The fourth-order valence-electron chi connectivity index (χ4n) is 2.09. The molecule has 2 aromatic rings. The van der Waals surface area contributed by atoms with Gasteiger partial charge in [0, 0.05) is 31.9 Å². The number of hydrogen-bond donors (Lipinski definition) is 2. The molecule has 1 aromatic carbocycles. The Balaban J connectivity index is 1.71. The van der Waals surface area contributed by atoms with E-state index in [1.807, 2.05) is 54.3 Å². The summed E-state index contributed by atoms with van der Waals surface area (Å²) >= 11 is 0. The summed E-state index contributed by atoms with van der Waals surface area (Å²) in [5.74, 6) is 7.57. The van der Waals surface area contributed by atoms with Crippen molar-refractivity contribution in [2.75, 3.05) is 6.61 Å². The van der Waals surface area contributed by atoms with Crippen molar-refractivity contribution >= 4 is 0 Å². The fraction of sp³-hybridized carbons (Fsp3) is 0.400. The maximum absolute atomic E-state index is 5.68. The van der Waals surface area contributed by atoms with Gasteiger partial charge in [0.25, 0.3) is 0 Å². The Morgan fingerprint density at radius 1 is 1.30 bits per heavy atom. The van der Waals surface area contributed by atoms with Crippen molar-refractivity contribution in [1.82, 2.24) is 15.0 Å². The summed E-state index contributed by atoms with van der Waals surface area (Å²) in [6.07, 6.45) is 6.50. The van der Waals surface area contributed by atoms with Crippen molar-refractivity contribution < 1.29 is 4.74 Å². The standard InChI is InChI=1S/C15H22N4O/c1-19-11-10-17-15(19)8-7-13(18-16)9-12-20-14-5-3-2-4-6-14/h2-6,10-11,13,18H,7-9,12,16H2,1H3. The van der Waals surface area contributed by atoms with Gasteiger partial charge in [0.1, 0.15) is 11.6 Å². The Hall–Kier alpha value is -1.85. The molecular formula is C15H22N4O. The smallest absolute Gasteiger partial charge is 0.119 e. The molecule has 0 aliphatic heterocycles. The molecule has 108 valence electrons. The third kappa shape index (κ3) is 4.36. The lowest BCUT2D eigenvalue weighted by Crippen LogP contribution is -2.36. The number of aryl methyl sites for hydroxylation is 2. The number of rotatable bonds is 8. The second-order valence-corrected chi connectivity index (χ2v) is 4.81. The van der Waals surface area contributed by atoms with E-state index in [1.165, 1.54) is 0 Å². The second kappa shape index (κ2) is 7.67. The molecule has 0 fully saturated rings. The van der Waals surface area contributed by atoms with E-state index in [9.17, 15) is 0 Å². The van der Waals surface area contributed by atoms with E-state index in [0.29, 0.717) is 6.61 Å². The quantitative estimate of drug-likeness (QED) is 0.567. The molecule has 0 saturated heterocycles. The van der Waals surface area contributed by atoms with Crippen molar-refractivity contribution in [3.63, 3.8) is 0 Å². The molecule has 1 aromatic heterocycles. The molecule has 0 amide bonds. The van der Waals surface area contributed by atoms with Crippen LogP contribution in [-0.2, 0) is 13.5 Å². The molecule has 2 rings (SSSR count). The number of hydrazine groups is 1. The molecule has 0 bridgehead atoms. The van der Waals surface area contributed by atoms with Crippen LogP contribution < -0.4 is 16.0 Å². The van der Waals surface area contributed by atoms with Crippen molar-refractivity contribution in [3.8, 4) is 5.75 Å². The van der Waals surface area contributed by atoms with E-state index < -0.39 is 0 Å². The molecule has 20 heavy (non-hydrogen) atoms. The first-order chi connectivity index (χ1) is 9.79. The lowest BCUT2D eigenvalue weighted by molar-refractivity contribution is 0.281. The van der Waals surface area contributed by atoms with Crippen LogP contribution in [-0.4, -0.2) is 22.2 Å². The number of nitrogens with zero attached hydrogens (tertiary/aromatic N) is 2. The van der Waals surface area contributed by atoms with Gasteiger partial charge in [-0.15, -0.1) is 0 Å². The molecule has 0 saturated carbocycles. The summed E-state index contributed by atoms with van der Waals surface area (Å²) in [6.45, 7) is 0.652. The average Bonchev–Trinajstić information content (AvgIpc) is 2.89. The zero-order valence-electron chi connectivity index (χ0n) is 11.8. The van der Waals surface area contributed by atoms with Gasteiger partial charge in [-0.25, -0.2) is 4.98 Å². The fourth-order valence-corrected chi connectivity index (χ4v) is 2.09. The Morgan fingerprint density at radius 3 is 2.75 bits per heavy atom. The molecule has 0 radical (unpaired) electrons. The summed E-state index contributed by atoms with van der Waals surface area (Å²) < 4.78 is 7.72. The number of ether oxygens (including phenoxy) is 1. The lowest BCUT2D eigenvalue weighted by Gasteiger charge is -2.16. The van der Waals surface area contributed by atoms with E-state index >= 15 is 0 Å². The number of benzene rings is 1. The highest BCUT2D eigenvalue weighted by atomic mass is 16.5. The normalized spacial score (nSPS) is 12.3. The summed E-state index contributed by atoms with van der Waals surface area (Å²) in [7, 11) is 2.01. The highest BCUT2D eigenvalue weighted by molar-refractivity contribution is 5.20. The van der Waals surface area contributed by atoms with Crippen molar-refractivity contribution in [1.29, 1.82) is 0 Å². The van der Waals surface area contributed by atoms with E-state index in [0.717, 1.165) is 30.8 Å². The SMILES string of the molecule is Cn1ccnc1CCC(CCOc1ccccc1)NN. The molecule has 1 heterocycles. The average molecular weight is 274 g/mol. The van der Waals surface area contributed by atoms with Crippen LogP contribution in [0.15, 0.2) is 42.7 Å². The summed E-state index contributed by atoms with van der Waals surface area (Å²) in [5, 5.41) is 0.